The van der Waals surface area contributed by atoms with Crippen LogP contribution in [0.5, 0.6) is 0 Å². The molecule has 1 amide bonds. The number of nitrogens with zero attached hydrogens (tertiary/aromatic N) is 1. The molecule has 0 saturated heterocycles. The highest BCUT2D eigenvalue weighted by Gasteiger charge is 2.22. The van der Waals surface area contributed by atoms with E-state index in [0.29, 0.717) is 5.56 Å². The Bertz CT molecular complexity index is 361. The van der Waals surface area contributed by atoms with E-state index < -0.39 is 0 Å². The Balaban J connectivity index is 1.84. The molecule has 2 rings (SSSR count). The minimum Gasteiger partial charge on any atom is -0.349 e. The molecule has 0 radical (unpaired) electrons. The van der Waals surface area contributed by atoms with E-state index in [-0.39, 0.29) is 18.1 Å². The molecule has 5 nitrogen and oxygen atoms in total. The largest absolute Gasteiger partial charge is 0.349 e. The molecule has 1 heterocycles. The second-order valence-corrected chi connectivity index (χ2v) is 4.32. The van der Waals surface area contributed by atoms with E-state index in [4.69, 9.17) is 10.7 Å². The van der Waals surface area contributed by atoms with Crippen molar-refractivity contribution in [2.24, 2.45) is 5.90 Å². The first-order chi connectivity index (χ1) is 8.29. The molecule has 0 aliphatic heterocycles. The molecule has 1 saturated carbocycles. The van der Waals surface area contributed by atoms with Crippen molar-refractivity contribution >= 4 is 5.91 Å². The van der Waals surface area contributed by atoms with Gasteiger partial charge >= 0.3 is 0 Å². The summed E-state index contributed by atoms with van der Waals surface area (Å²) in [5.41, 5.74) is 0.602. The van der Waals surface area contributed by atoms with Gasteiger partial charge in [0, 0.05) is 18.4 Å². The van der Waals surface area contributed by atoms with Crippen molar-refractivity contribution in [3.63, 3.8) is 0 Å². The zero-order chi connectivity index (χ0) is 12.1. The van der Waals surface area contributed by atoms with Gasteiger partial charge in [-0.1, -0.05) is 0 Å². The van der Waals surface area contributed by atoms with Gasteiger partial charge in [-0.25, -0.2) is 5.90 Å². The minimum atomic E-state index is -0.0600. The van der Waals surface area contributed by atoms with E-state index in [0.717, 1.165) is 25.7 Å². The highest BCUT2D eigenvalue weighted by atomic mass is 16.6. The summed E-state index contributed by atoms with van der Waals surface area (Å²) in [5.74, 6) is 5.09. The molecule has 1 fully saturated rings. The normalized spacial score (nSPS) is 24.3. The maximum Gasteiger partial charge on any atom is 0.253 e. The van der Waals surface area contributed by atoms with Crippen LogP contribution in [-0.4, -0.2) is 23.0 Å². The molecule has 3 N–H and O–H groups in total. The highest BCUT2D eigenvalue weighted by molar-refractivity contribution is 5.93. The lowest BCUT2D eigenvalue weighted by atomic mass is 9.93. The summed E-state index contributed by atoms with van der Waals surface area (Å²) in [6.07, 6.45) is 6.98. The Hall–Kier alpha value is -1.46. The first-order valence-corrected chi connectivity index (χ1v) is 5.86. The minimum absolute atomic E-state index is 0.0600. The number of rotatable bonds is 3. The number of aromatic nitrogens is 1. The van der Waals surface area contributed by atoms with Gasteiger partial charge in [-0.15, -0.1) is 0 Å². The molecule has 0 aromatic carbocycles. The smallest absolute Gasteiger partial charge is 0.253 e. The van der Waals surface area contributed by atoms with Crippen molar-refractivity contribution < 1.29 is 9.63 Å². The van der Waals surface area contributed by atoms with Crippen molar-refractivity contribution in [3.05, 3.63) is 30.1 Å². The van der Waals surface area contributed by atoms with E-state index in [9.17, 15) is 4.79 Å². The summed E-state index contributed by atoms with van der Waals surface area (Å²) in [4.78, 5) is 20.6. The molecular weight excluding hydrogens is 218 g/mol. The number of amides is 1. The molecule has 0 atom stereocenters. The van der Waals surface area contributed by atoms with Crippen LogP contribution in [0.1, 0.15) is 36.0 Å². The Morgan fingerprint density at radius 3 is 2.76 bits per heavy atom. The molecule has 0 unspecified atom stereocenters. The van der Waals surface area contributed by atoms with Gasteiger partial charge in [0.15, 0.2) is 0 Å². The van der Waals surface area contributed by atoms with Gasteiger partial charge in [0.25, 0.3) is 5.91 Å². The quantitative estimate of drug-likeness (QED) is 0.767. The molecule has 17 heavy (non-hydrogen) atoms. The number of hydrogen-bond acceptors (Lipinski definition) is 4. The fourth-order valence-corrected chi connectivity index (χ4v) is 2.11. The topological polar surface area (TPSA) is 77.2 Å². The molecular formula is C12H17N3O2. The number of carbonyl (C=O) groups excluding carboxylic acids is 1. The third kappa shape index (κ3) is 3.25. The van der Waals surface area contributed by atoms with Gasteiger partial charge in [0.05, 0.1) is 11.7 Å². The van der Waals surface area contributed by atoms with Crippen LogP contribution in [0.2, 0.25) is 0 Å². The van der Waals surface area contributed by atoms with Crippen LogP contribution < -0.4 is 11.2 Å². The SMILES string of the molecule is NOC1CCC(NC(=O)c2cccnc2)CC1. The lowest BCUT2D eigenvalue weighted by Crippen LogP contribution is -2.39. The maximum atomic E-state index is 11.9. The number of carbonyl (C=O) groups is 1. The van der Waals surface area contributed by atoms with E-state index in [1.165, 1.54) is 0 Å². The third-order valence-corrected chi connectivity index (χ3v) is 3.13. The average Bonchev–Trinajstić information content (AvgIpc) is 2.40. The van der Waals surface area contributed by atoms with Crippen molar-refractivity contribution in [2.75, 3.05) is 0 Å². The Morgan fingerprint density at radius 2 is 2.18 bits per heavy atom. The summed E-state index contributed by atoms with van der Waals surface area (Å²) in [6, 6.07) is 3.74. The predicted molar refractivity (Wildman–Crippen MR) is 63.0 cm³/mol. The molecule has 1 aromatic heterocycles. The van der Waals surface area contributed by atoms with Crippen molar-refractivity contribution in [3.8, 4) is 0 Å². The summed E-state index contributed by atoms with van der Waals surface area (Å²) in [6.45, 7) is 0. The Kier molecular flexibility index (Phi) is 4.06. The van der Waals surface area contributed by atoms with Crippen LogP contribution >= 0.6 is 0 Å². The lowest BCUT2D eigenvalue weighted by molar-refractivity contribution is 0.0217. The number of pyridine rings is 1. The molecule has 0 spiro atoms. The van der Waals surface area contributed by atoms with Gasteiger partial charge < -0.3 is 10.2 Å². The number of hydrogen-bond donors (Lipinski definition) is 2. The average molecular weight is 235 g/mol. The second-order valence-electron chi connectivity index (χ2n) is 4.32. The van der Waals surface area contributed by atoms with Crippen molar-refractivity contribution in [1.82, 2.24) is 10.3 Å². The van der Waals surface area contributed by atoms with Crippen molar-refractivity contribution in [2.45, 2.75) is 37.8 Å². The molecule has 92 valence electrons. The van der Waals surface area contributed by atoms with Crippen molar-refractivity contribution in [1.29, 1.82) is 0 Å². The van der Waals surface area contributed by atoms with Gasteiger partial charge in [-0.05, 0) is 37.8 Å². The maximum absolute atomic E-state index is 11.9. The van der Waals surface area contributed by atoms with Crippen LogP contribution in [0, 0.1) is 0 Å². The standard InChI is InChI=1S/C12H17N3O2/c13-17-11-5-3-10(4-6-11)15-12(16)9-2-1-7-14-8-9/h1-2,7-8,10-11H,3-6,13H2,(H,15,16). The Morgan fingerprint density at radius 1 is 1.41 bits per heavy atom. The van der Waals surface area contributed by atoms with E-state index in [1.54, 1.807) is 24.5 Å². The van der Waals surface area contributed by atoms with Crippen LogP contribution in [0.15, 0.2) is 24.5 Å². The predicted octanol–water partition coefficient (Wildman–Crippen LogP) is 1.01. The molecule has 0 bridgehead atoms. The van der Waals surface area contributed by atoms with E-state index >= 15 is 0 Å². The zero-order valence-corrected chi connectivity index (χ0v) is 9.63. The van der Waals surface area contributed by atoms with Crippen LogP contribution in [0.4, 0.5) is 0 Å². The number of nitrogens with two attached hydrogens (primary N) is 1. The van der Waals surface area contributed by atoms with Crippen LogP contribution in [-0.2, 0) is 4.84 Å². The van der Waals surface area contributed by atoms with E-state index in [1.807, 2.05) is 0 Å². The fraction of sp³-hybridized carbons (Fsp3) is 0.500. The first kappa shape index (κ1) is 12.0. The zero-order valence-electron chi connectivity index (χ0n) is 9.63. The van der Waals surface area contributed by atoms with Gasteiger partial charge in [0.1, 0.15) is 0 Å². The Labute approximate surface area is 100 Å². The van der Waals surface area contributed by atoms with E-state index in [2.05, 4.69) is 10.3 Å². The van der Waals surface area contributed by atoms with Crippen LogP contribution in [0.3, 0.4) is 0 Å². The highest BCUT2D eigenvalue weighted by Crippen LogP contribution is 2.20. The molecule has 5 heteroatoms. The molecule has 1 aromatic rings. The molecule has 1 aliphatic carbocycles. The monoisotopic (exact) mass is 235 g/mol. The fourth-order valence-electron chi connectivity index (χ4n) is 2.11. The third-order valence-electron chi connectivity index (χ3n) is 3.13. The van der Waals surface area contributed by atoms with Gasteiger partial charge in [-0.2, -0.15) is 0 Å². The van der Waals surface area contributed by atoms with Crippen LogP contribution in [0.25, 0.3) is 0 Å². The summed E-state index contributed by atoms with van der Waals surface area (Å²) in [5, 5.41) is 3.00. The summed E-state index contributed by atoms with van der Waals surface area (Å²) >= 11 is 0. The first-order valence-electron chi connectivity index (χ1n) is 5.86. The van der Waals surface area contributed by atoms with Gasteiger partial charge in [0.2, 0.25) is 0 Å². The molecule has 1 aliphatic rings. The second kappa shape index (κ2) is 5.75. The number of nitrogens with one attached hydrogen (secondary N) is 1. The summed E-state index contributed by atoms with van der Waals surface area (Å²) < 4.78 is 0. The summed E-state index contributed by atoms with van der Waals surface area (Å²) in [7, 11) is 0. The van der Waals surface area contributed by atoms with Gasteiger partial charge in [-0.3, -0.25) is 9.78 Å². The lowest BCUT2D eigenvalue weighted by Gasteiger charge is -2.27.